The van der Waals surface area contributed by atoms with Crippen molar-refractivity contribution in [1.82, 2.24) is 0 Å². The predicted octanol–water partition coefficient (Wildman–Crippen LogP) is 3.55. The molecule has 1 unspecified atom stereocenters. The Morgan fingerprint density at radius 3 is 2.26 bits per heavy atom. The van der Waals surface area contributed by atoms with Crippen LogP contribution in [-0.2, 0) is 0 Å². The summed E-state index contributed by atoms with van der Waals surface area (Å²) in [7, 11) is 0. The Bertz CT molecular complexity index is 412. The van der Waals surface area contributed by atoms with E-state index in [0.29, 0.717) is 24.8 Å². The average molecular weight is 269 g/mol. The topological polar surface area (TPSA) is 43.1 Å². The van der Waals surface area contributed by atoms with Gasteiger partial charge in [-0.05, 0) is 43.4 Å². The number of rotatable bonds is 7. The van der Waals surface area contributed by atoms with E-state index in [2.05, 4.69) is 13.8 Å². The third-order valence-electron chi connectivity index (χ3n) is 3.46. The van der Waals surface area contributed by atoms with Crippen LogP contribution in [0.4, 0.5) is 8.78 Å². The second kappa shape index (κ2) is 7.34. The summed E-state index contributed by atoms with van der Waals surface area (Å²) in [5.41, 5.74) is 5.11. The van der Waals surface area contributed by atoms with Crippen LogP contribution in [0.15, 0.2) is 18.2 Å². The van der Waals surface area contributed by atoms with Crippen molar-refractivity contribution >= 4 is 5.78 Å². The smallest absolute Gasteiger partial charge is 0.168 e. The molecule has 19 heavy (non-hydrogen) atoms. The van der Waals surface area contributed by atoms with Gasteiger partial charge in [-0.1, -0.05) is 19.9 Å². The minimum atomic E-state index is -0.787. The lowest BCUT2D eigenvalue weighted by molar-refractivity contribution is 0.0961. The zero-order chi connectivity index (χ0) is 14.4. The lowest BCUT2D eigenvalue weighted by Gasteiger charge is -2.19. The van der Waals surface area contributed by atoms with Gasteiger partial charge in [-0.25, -0.2) is 8.78 Å². The molecular formula is C15H21F2NO. The maximum atomic E-state index is 13.5. The third kappa shape index (κ3) is 4.39. The minimum Gasteiger partial charge on any atom is -0.330 e. The van der Waals surface area contributed by atoms with Crippen LogP contribution < -0.4 is 5.73 Å². The Balaban J connectivity index is 2.69. The summed E-state index contributed by atoms with van der Waals surface area (Å²) < 4.78 is 26.9. The van der Waals surface area contributed by atoms with Gasteiger partial charge in [0.15, 0.2) is 5.78 Å². The van der Waals surface area contributed by atoms with Crippen LogP contribution in [0.3, 0.4) is 0 Å². The van der Waals surface area contributed by atoms with Gasteiger partial charge in [0.1, 0.15) is 11.6 Å². The van der Waals surface area contributed by atoms with Crippen molar-refractivity contribution in [3.63, 3.8) is 0 Å². The van der Waals surface area contributed by atoms with Crippen molar-refractivity contribution in [2.75, 3.05) is 6.54 Å². The van der Waals surface area contributed by atoms with Gasteiger partial charge in [-0.3, -0.25) is 4.79 Å². The summed E-state index contributed by atoms with van der Waals surface area (Å²) in [6.07, 6.45) is 1.59. The molecule has 1 aromatic carbocycles. The van der Waals surface area contributed by atoms with Crippen LogP contribution in [0.2, 0.25) is 0 Å². The van der Waals surface area contributed by atoms with Crippen LogP contribution in [0, 0.1) is 23.5 Å². The molecule has 0 amide bonds. The van der Waals surface area contributed by atoms with Crippen molar-refractivity contribution in [3.05, 3.63) is 35.4 Å². The standard InChI is InChI=1S/C15H21F2NO/c1-10(2)11(8-9-18)6-7-14(19)15-12(16)4-3-5-13(15)17/h3-5,10-11H,6-9,18H2,1-2H3. The minimum absolute atomic E-state index is 0.153. The van der Waals surface area contributed by atoms with Gasteiger partial charge >= 0.3 is 0 Å². The molecule has 1 rings (SSSR count). The van der Waals surface area contributed by atoms with E-state index < -0.39 is 23.0 Å². The summed E-state index contributed by atoms with van der Waals surface area (Å²) in [4.78, 5) is 11.9. The van der Waals surface area contributed by atoms with Gasteiger partial charge in [-0.2, -0.15) is 0 Å². The lowest BCUT2D eigenvalue weighted by Crippen LogP contribution is -2.16. The Kier molecular flexibility index (Phi) is 6.09. The maximum Gasteiger partial charge on any atom is 0.168 e. The SMILES string of the molecule is CC(C)C(CCN)CCC(=O)c1c(F)cccc1F. The van der Waals surface area contributed by atoms with E-state index in [4.69, 9.17) is 5.73 Å². The highest BCUT2D eigenvalue weighted by molar-refractivity contribution is 5.96. The van der Waals surface area contributed by atoms with Gasteiger partial charge in [-0.15, -0.1) is 0 Å². The molecule has 0 aliphatic rings. The summed E-state index contributed by atoms with van der Waals surface area (Å²) in [5, 5.41) is 0. The highest BCUT2D eigenvalue weighted by Crippen LogP contribution is 2.23. The molecule has 0 spiro atoms. The van der Waals surface area contributed by atoms with Gasteiger partial charge < -0.3 is 5.73 Å². The van der Waals surface area contributed by atoms with Gasteiger partial charge in [0.25, 0.3) is 0 Å². The fraction of sp³-hybridized carbons (Fsp3) is 0.533. The summed E-state index contributed by atoms with van der Waals surface area (Å²) in [6.45, 7) is 4.69. The predicted molar refractivity (Wildman–Crippen MR) is 71.9 cm³/mol. The van der Waals surface area contributed by atoms with Crippen molar-refractivity contribution in [3.8, 4) is 0 Å². The molecule has 0 aliphatic heterocycles. The Labute approximate surface area is 113 Å². The molecule has 1 aromatic rings. The molecule has 0 aromatic heterocycles. The Morgan fingerprint density at radius 1 is 1.21 bits per heavy atom. The molecule has 2 nitrogen and oxygen atoms in total. The van der Waals surface area contributed by atoms with E-state index in [1.807, 2.05) is 0 Å². The lowest BCUT2D eigenvalue weighted by atomic mass is 9.87. The van der Waals surface area contributed by atoms with E-state index in [1.165, 1.54) is 6.07 Å². The molecule has 0 saturated carbocycles. The fourth-order valence-electron chi connectivity index (χ4n) is 2.23. The monoisotopic (exact) mass is 269 g/mol. The molecule has 106 valence electrons. The van der Waals surface area contributed by atoms with E-state index in [-0.39, 0.29) is 6.42 Å². The normalized spacial score (nSPS) is 12.7. The third-order valence-corrected chi connectivity index (χ3v) is 3.46. The highest BCUT2D eigenvalue weighted by atomic mass is 19.1. The number of benzene rings is 1. The molecule has 0 fully saturated rings. The number of ketones is 1. The number of Topliss-reactive ketones (excluding diaryl/α,β-unsaturated/α-hetero) is 1. The molecule has 4 heteroatoms. The quantitative estimate of drug-likeness (QED) is 0.769. The second-order valence-corrected chi connectivity index (χ2v) is 5.14. The largest absolute Gasteiger partial charge is 0.330 e. The maximum absolute atomic E-state index is 13.5. The van der Waals surface area contributed by atoms with Crippen LogP contribution >= 0.6 is 0 Å². The van der Waals surface area contributed by atoms with E-state index in [0.717, 1.165) is 18.6 Å². The Morgan fingerprint density at radius 2 is 1.79 bits per heavy atom. The molecule has 0 radical (unpaired) electrons. The van der Waals surface area contributed by atoms with Crippen LogP contribution in [0.25, 0.3) is 0 Å². The van der Waals surface area contributed by atoms with Gasteiger partial charge in [0.2, 0.25) is 0 Å². The number of hydrogen-bond donors (Lipinski definition) is 1. The molecular weight excluding hydrogens is 248 g/mol. The molecule has 2 N–H and O–H groups in total. The number of halogens is 2. The number of carbonyl (C=O) groups is 1. The molecule has 0 aliphatic carbocycles. The first-order valence-corrected chi connectivity index (χ1v) is 6.64. The van der Waals surface area contributed by atoms with Crippen molar-refractivity contribution in [1.29, 1.82) is 0 Å². The zero-order valence-electron chi connectivity index (χ0n) is 11.5. The summed E-state index contributed by atoms with van der Waals surface area (Å²) in [6, 6.07) is 3.47. The van der Waals surface area contributed by atoms with E-state index in [9.17, 15) is 13.6 Å². The fourth-order valence-corrected chi connectivity index (χ4v) is 2.23. The van der Waals surface area contributed by atoms with Gasteiger partial charge in [0.05, 0.1) is 5.56 Å². The highest BCUT2D eigenvalue weighted by Gasteiger charge is 2.19. The zero-order valence-corrected chi connectivity index (χ0v) is 11.5. The van der Waals surface area contributed by atoms with Crippen molar-refractivity contribution in [2.24, 2.45) is 17.6 Å². The summed E-state index contributed by atoms with van der Waals surface area (Å²) >= 11 is 0. The van der Waals surface area contributed by atoms with Crippen LogP contribution in [-0.4, -0.2) is 12.3 Å². The molecule has 1 atom stereocenters. The van der Waals surface area contributed by atoms with Crippen LogP contribution in [0.1, 0.15) is 43.5 Å². The first-order chi connectivity index (χ1) is 8.97. The average Bonchev–Trinajstić information content (AvgIpc) is 2.33. The first-order valence-electron chi connectivity index (χ1n) is 6.64. The summed E-state index contributed by atoms with van der Waals surface area (Å²) in [5.74, 6) is -1.33. The number of nitrogens with two attached hydrogens (primary N) is 1. The number of hydrogen-bond acceptors (Lipinski definition) is 2. The van der Waals surface area contributed by atoms with E-state index in [1.54, 1.807) is 0 Å². The Hall–Kier alpha value is -1.29. The molecule has 0 heterocycles. The van der Waals surface area contributed by atoms with Crippen molar-refractivity contribution in [2.45, 2.75) is 33.1 Å². The first kappa shape index (κ1) is 15.8. The van der Waals surface area contributed by atoms with Crippen LogP contribution in [0.5, 0.6) is 0 Å². The van der Waals surface area contributed by atoms with Crippen molar-refractivity contribution < 1.29 is 13.6 Å². The number of carbonyl (C=O) groups excluding carboxylic acids is 1. The molecule has 0 bridgehead atoms. The second-order valence-electron chi connectivity index (χ2n) is 5.14. The van der Waals surface area contributed by atoms with Gasteiger partial charge in [0, 0.05) is 6.42 Å². The molecule has 0 saturated heterocycles. The van der Waals surface area contributed by atoms with E-state index >= 15 is 0 Å².